The van der Waals surface area contributed by atoms with Crippen molar-refractivity contribution in [3.05, 3.63) is 107 Å². The van der Waals surface area contributed by atoms with E-state index in [0.717, 1.165) is 17.5 Å². The number of rotatable bonds is 9. The molecule has 3 aromatic rings. The van der Waals surface area contributed by atoms with Crippen LogP contribution in [0.1, 0.15) is 30.0 Å². The number of hydrogen-bond acceptors (Lipinski definition) is 5. The van der Waals surface area contributed by atoms with E-state index in [1.54, 1.807) is 37.3 Å². The molecule has 0 aromatic heterocycles. The number of allylic oxidation sites excluding steroid dienone is 2. The number of carbonyl (C=O) groups is 1. The standard InChI is InChI=1S/C27H29N3O3S/c1-20-13-16-26(18-23(20)15-14-22-9-5-3-6-10-22)34(32,33)30-27(31)19-25(17-21(2)28)29-24-11-7-4-8-12-24/h3-13,16-18H,14-15,19,28H2,1-2H3,(H,30,31). The summed E-state index contributed by atoms with van der Waals surface area (Å²) in [7, 11) is -4.04. The Balaban J connectivity index is 1.74. The summed E-state index contributed by atoms with van der Waals surface area (Å²) in [5.74, 6) is -0.682. The lowest BCUT2D eigenvalue weighted by atomic mass is 10.0. The Morgan fingerprint density at radius 1 is 0.971 bits per heavy atom. The molecule has 0 aliphatic heterocycles. The predicted molar refractivity (Wildman–Crippen MR) is 136 cm³/mol. The van der Waals surface area contributed by atoms with Crippen LogP contribution in [0.5, 0.6) is 0 Å². The minimum absolute atomic E-state index is 0.0570. The highest BCUT2D eigenvalue weighted by molar-refractivity contribution is 7.90. The highest BCUT2D eigenvalue weighted by Crippen LogP contribution is 2.18. The number of nitrogens with one attached hydrogen (secondary N) is 1. The van der Waals surface area contributed by atoms with Crippen molar-refractivity contribution in [3.63, 3.8) is 0 Å². The molecule has 0 aliphatic rings. The van der Waals surface area contributed by atoms with Crippen LogP contribution in [-0.2, 0) is 27.7 Å². The van der Waals surface area contributed by atoms with Gasteiger partial charge in [0.05, 0.1) is 22.7 Å². The maximum Gasteiger partial charge on any atom is 0.264 e. The molecule has 34 heavy (non-hydrogen) atoms. The molecule has 0 bridgehead atoms. The first-order chi connectivity index (χ1) is 16.2. The monoisotopic (exact) mass is 475 g/mol. The second kappa shape index (κ2) is 11.4. The van der Waals surface area contributed by atoms with Gasteiger partial charge in [-0.2, -0.15) is 0 Å². The van der Waals surface area contributed by atoms with Gasteiger partial charge in [0.15, 0.2) is 0 Å². The van der Waals surface area contributed by atoms with E-state index >= 15 is 0 Å². The van der Waals surface area contributed by atoms with Gasteiger partial charge in [0.1, 0.15) is 0 Å². The summed E-state index contributed by atoms with van der Waals surface area (Å²) in [6, 6.07) is 24.0. The summed E-state index contributed by atoms with van der Waals surface area (Å²) in [5, 5.41) is 0. The summed E-state index contributed by atoms with van der Waals surface area (Å²) in [5.41, 5.74) is 10.4. The van der Waals surface area contributed by atoms with Gasteiger partial charge in [0.2, 0.25) is 5.91 Å². The van der Waals surface area contributed by atoms with E-state index in [9.17, 15) is 13.2 Å². The summed E-state index contributed by atoms with van der Waals surface area (Å²) < 4.78 is 28.0. The fourth-order valence-corrected chi connectivity index (χ4v) is 4.51. The number of sulfonamides is 1. The first kappa shape index (κ1) is 24.9. The molecule has 0 saturated heterocycles. The van der Waals surface area contributed by atoms with Crippen LogP contribution in [0.25, 0.3) is 0 Å². The molecule has 0 atom stereocenters. The zero-order valence-electron chi connectivity index (χ0n) is 19.4. The lowest BCUT2D eigenvalue weighted by molar-refractivity contribution is -0.118. The zero-order chi connectivity index (χ0) is 24.6. The van der Waals surface area contributed by atoms with Gasteiger partial charge in [-0.05, 0) is 73.7 Å². The van der Waals surface area contributed by atoms with E-state index < -0.39 is 15.9 Å². The van der Waals surface area contributed by atoms with E-state index in [2.05, 4.69) is 9.71 Å². The zero-order valence-corrected chi connectivity index (χ0v) is 20.2. The highest BCUT2D eigenvalue weighted by Gasteiger charge is 2.19. The molecule has 6 nitrogen and oxygen atoms in total. The molecule has 0 saturated carbocycles. The van der Waals surface area contributed by atoms with Crippen molar-refractivity contribution >= 4 is 27.3 Å². The van der Waals surface area contributed by atoms with Crippen molar-refractivity contribution in [1.29, 1.82) is 0 Å². The molecule has 1 amide bonds. The van der Waals surface area contributed by atoms with Gasteiger partial charge >= 0.3 is 0 Å². The summed E-state index contributed by atoms with van der Waals surface area (Å²) in [6.45, 7) is 3.63. The topological polar surface area (TPSA) is 102 Å². The van der Waals surface area contributed by atoms with Crippen molar-refractivity contribution in [3.8, 4) is 0 Å². The largest absolute Gasteiger partial charge is 0.402 e. The van der Waals surface area contributed by atoms with Crippen LogP contribution < -0.4 is 10.5 Å². The molecule has 176 valence electrons. The lowest BCUT2D eigenvalue weighted by Gasteiger charge is -2.11. The average Bonchev–Trinajstić information content (AvgIpc) is 2.79. The summed E-state index contributed by atoms with van der Waals surface area (Å²) in [4.78, 5) is 17.1. The van der Waals surface area contributed by atoms with Gasteiger partial charge in [0, 0.05) is 5.70 Å². The molecule has 0 radical (unpaired) electrons. The van der Waals surface area contributed by atoms with Gasteiger partial charge < -0.3 is 5.73 Å². The van der Waals surface area contributed by atoms with Crippen LogP contribution in [0.15, 0.2) is 101 Å². The first-order valence-electron chi connectivity index (χ1n) is 11.0. The normalized spacial score (nSPS) is 12.4. The SMILES string of the molecule is CC(N)=CC(CC(=O)NS(=O)(=O)c1ccc(C)c(CCc2ccccc2)c1)=Nc1ccccc1. The lowest BCUT2D eigenvalue weighted by Crippen LogP contribution is -2.32. The number of nitrogens with zero attached hydrogens (tertiary/aromatic N) is 1. The fraction of sp³-hybridized carbons (Fsp3) is 0.185. The minimum atomic E-state index is -4.04. The molecule has 0 spiro atoms. The molecule has 0 unspecified atom stereocenters. The van der Waals surface area contributed by atoms with Crippen LogP contribution >= 0.6 is 0 Å². The van der Waals surface area contributed by atoms with Crippen LogP contribution in [0, 0.1) is 6.92 Å². The quantitative estimate of drug-likeness (QED) is 0.441. The van der Waals surface area contributed by atoms with Crippen molar-refractivity contribution in [2.45, 2.75) is 38.0 Å². The Kier molecular flexibility index (Phi) is 8.38. The van der Waals surface area contributed by atoms with E-state index in [1.165, 1.54) is 11.6 Å². The first-order valence-corrected chi connectivity index (χ1v) is 12.5. The minimum Gasteiger partial charge on any atom is -0.402 e. The molecule has 0 aliphatic carbocycles. The summed E-state index contributed by atoms with van der Waals surface area (Å²) in [6.07, 6.45) is 2.82. The Bertz CT molecular complexity index is 1300. The molecule has 3 rings (SSSR count). The molecule has 3 N–H and O–H groups in total. The van der Waals surface area contributed by atoms with Crippen molar-refractivity contribution in [1.82, 2.24) is 4.72 Å². The smallest absolute Gasteiger partial charge is 0.264 e. The Hall–Kier alpha value is -3.71. The van der Waals surface area contributed by atoms with Crippen LogP contribution in [0.4, 0.5) is 5.69 Å². The predicted octanol–water partition coefficient (Wildman–Crippen LogP) is 4.61. The van der Waals surface area contributed by atoms with E-state index in [4.69, 9.17) is 5.73 Å². The second-order valence-corrected chi connectivity index (χ2v) is 9.79. The van der Waals surface area contributed by atoms with Gasteiger partial charge in [-0.25, -0.2) is 13.1 Å². The summed E-state index contributed by atoms with van der Waals surface area (Å²) >= 11 is 0. The van der Waals surface area contributed by atoms with E-state index in [-0.39, 0.29) is 11.3 Å². The van der Waals surface area contributed by atoms with E-state index in [1.807, 2.05) is 55.5 Å². The third kappa shape index (κ3) is 7.42. The number of aryl methyl sites for hydroxylation is 3. The van der Waals surface area contributed by atoms with Gasteiger partial charge in [-0.15, -0.1) is 0 Å². The average molecular weight is 476 g/mol. The number of hydrogen-bond donors (Lipinski definition) is 2. The van der Waals surface area contributed by atoms with Crippen molar-refractivity contribution < 1.29 is 13.2 Å². The van der Waals surface area contributed by atoms with E-state index in [0.29, 0.717) is 23.5 Å². The number of carbonyl (C=O) groups excluding carboxylic acids is 1. The van der Waals surface area contributed by atoms with Crippen LogP contribution in [0.3, 0.4) is 0 Å². The number of benzene rings is 3. The number of nitrogens with two attached hydrogens (primary N) is 1. The number of para-hydroxylation sites is 1. The Morgan fingerprint density at radius 2 is 1.62 bits per heavy atom. The number of aliphatic imine (C=N–C) groups is 1. The maximum absolute atomic E-state index is 12.9. The highest BCUT2D eigenvalue weighted by atomic mass is 32.2. The Labute approximate surface area is 201 Å². The molecular formula is C27H29N3O3S. The van der Waals surface area contributed by atoms with Crippen LogP contribution in [-0.4, -0.2) is 20.0 Å². The number of amides is 1. The molecule has 7 heteroatoms. The van der Waals surface area contributed by atoms with Gasteiger partial charge in [-0.1, -0.05) is 54.6 Å². The van der Waals surface area contributed by atoms with Gasteiger partial charge in [-0.3, -0.25) is 9.79 Å². The fourth-order valence-electron chi connectivity index (χ4n) is 3.47. The molecule has 3 aromatic carbocycles. The molecule has 0 heterocycles. The van der Waals surface area contributed by atoms with Crippen LogP contribution in [0.2, 0.25) is 0 Å². The third-order valence-corrected chi connectivity index (χ3v) is 6.54. The third-order valence-electron chi connectivity index (χ3n) is 5.17. The second-order valence-electron chi connectivity index (χ2n) is 8.11. The molecular weight excluding hydrogens is 446 g/mol. The Morgan fingerprint density at radius 3 is 2.26 bits per heavy atom. The maximum atomic E-state index is 12.9. The van der Waals surface area contributed by atoms with Gasteiger partial charge in [0.25, 0.3) is 10.0 Å². The van der Waals surface area contributed by atoms with Crippen molar-refractivity contribution in [2.24, 2.45) is 10.7 Å². The molecule has 0 fully saturated rings. The van der Waals surface area contributed by atoms with Crippen molar-refractivity contribution in [2.75, 3.05) is 0 Å².